The number of nitrogens with zero attached hydrogens (tertiary/aromatic N) is 2. The second kappa shape index (κ2) is 13.0. The van der Waals surface area contributed by atoms with E-state index < -0.39 is 12.1 Å². The number of rotatable bonds is 12. The van der Waals surface area contributed by atoms with Crippen LogP contribution in [-0.2, 0) is 11.2 Å². The van der Waals surface area contributed by atoms with Crippen molar-refractivity contribution in [3.05, 3.63) is 71.4 Å². The van der Waals surface area contributed by atoms with Crippen LogP contribution in [0.1, 0.15) is 61.3 Å². The molecule has 1 fully saturated rings. The summed E-state index contributed by atoms with van der Waals surface area (Å²) in [6.45, 7) is 5.19. The average Bonchev–Trinajstić information content (AvgIpc) is 2.91. The van der Waals surface area contributed by atoms with Crippen LogP contribution in [0.4, 0.5) is 0 Å². The van der Waals surface area contributed by atoms with Crippen LogP contribution in [0.25, 0.3) is 10.9 Å². The topological polar surface area (TPSA) is 82.9 Å². The molecule has 1 aliphatic heterocycles. The number of piperidine rings is 1. The Hall–Kier alpha value is -2.96. The fourth-order valence-electron chi connectivity index (χ4n) is 5.85. The van der Waals surface area contributed by atoms with Gasteiger partial charge >= 0.3 is 5.97 Å². The molecule has 0 aliphatic carbocycles. The Bertz CT molecular complexity index is 1180. The van der Waals surface area contributed by atoms with Crippen molar-refractivity contribution in [2.45, 2.75) is 58.0 Å². The standard InChI is InChI=1S/C31H40N2O4/c1-22-6-3-4-7-23(22)8-5-18-33-19-16-24(25(21-33)10-14-31(35)36)9-13-30(34)27-15-17-32-29-12-11-26(37-2)20-28(27)29/h3-4,6-7,11-12,15,17,20,24-25,30,34H,5,8-10,13-14,16,18-19,21H2,1-2H3,(H,35,36)/t24-,25-,30-/m1/s1. The largest absolute Gasteiger partial charge is 0.497 e. The van der Waals surface area contributed by atoms with Gasteiger partial charge in [0.1, 0.15) is 5.75 Å². The first kappa shape index (κ1) is 27.1. The molecule has 198 valence electrons. The second-order valence-corrected chi connectivity index (χ2v) is 10.4. The van der Waals surface area contributed by atoms with E-state index in [0.29, 0.717) is 24.7 Å². The quantitative estimate of drug-likeness (QED) is 0.324. The first-order valence-corrected chi connectivity index (χ1v) is 13.5. The van der Waals surface area contributed by atoms with Crippen LogP contribution in [0.3, 0.4) is 0 Å². The second-order valence-electron chi connectivity index (χ2n) is 10.4. The summed E-state index contributed by atoms with van der Waals surface area (Å²) in [5.74, 6) is 0.777. The van der Waals surface area contributed by atoms with Gasteiger partial charge in [-0.1, -0.05) is 24.3 Å². The summed E-state index contributed by atoms with van der Waals surface area (Å²) in [5, 5.41) is 21.4. The number of carboxylic acid groups (broad SMARTS) is 1. The van der Waals surface area contributed by atoms with Gasteiger partial charge < -0.3 is 19.8 Å². The minimum absolute atomic E-state index is 0.204. The minimum Gasteiger partial charge on any atom is -0.497 e. The summed E-state index contributed by atoms with van der Waals surface area (Å²) < 4.78 is 5.38. The molecule has 6 nitrogen and oxygen atoms in total. The highest BCUT2D eigenvalue weighted by Gasteiger charge is 2.30. The highest BCUT2D eigenvalue weighted by Crippen LogP contribution is 2.35. The zero-order valence-corrected chi connectivity index (χ0v) is 22.1. The lowest BCUT2D eigenvalue weighted by Crippen LogP contribution is -2.41. The smallest absolute Gasteiger partial charge is 0.303 e. The van der Waals surface area contributed by atoms with E-state index in [1.54, 1.807) is 13.3 Å². The van der Waals surface area contributed by atoms with Gasteiger partial charge in [-0.05, 0) is 111 Å². The Morgan fingerprint density at radius 3 is 2.78 bits per heavy atom. The van der Waals surface area contributed by atoms with Gasteiger partial charge in [0.15, 0.2) is 0 Å². The first-order valence-electron chi connectivity index (χ1n) is 13.5. The van der Waals surface area contributed by atoms with Crippen molar-refractivity contribution in [1.29, 1.82) is 0 Å². The average molecular weight is 505 g/mol. The molecule has 4 rings (SSSR count). The molecule has 2 heterocycles. The summed E-state index contributed by atoms with van der Waals surface area (Å²) in [4.78, 5) is 18.3. The molecule has 0 spiro atoms. The first-order chi connectivity index (χ1) is 17.9. The van der Waals surface area contributed by atoms with Crippen molar-refractivity contribution >= 4 is 16.9 Å². The van der Waals surface area contributed by atoms with Crippen LogP contribution in [0, 0.1) is 18.8 Å². The van der Waals surface area contributed by atoms with E-state index in [4.69, 9.17) is 4.74 Å². The van der Waals surface area contributed by atoms with Gasteiger partial charge in [0.25, 0.3) is 0 Å². The van der Waals surface area contributed by atoms with Crippen molar-refractivity contribution in [2.24, 2.45) is 11.8 Å². The lowest BCUT2D eigenvalue weighted by atomic mass is 9.79. The number of methoxy groups -OCH3 is 1. The van der Waals surface area contributed by atoms with Crippen LogP contribution in [0.2, 0.25) is 0 Å². The van der Waals surface area contributed by atoms with Crippen LogP contribution >= 0.6 is 0 Å². The molecule has 6 heteroatoms. The van der Waals surface area contributed by atoms with Crippen LogP contribution < -0.4 is 4.74 Å². The van der Waals surface area contributed by atoms with Crippen molar-refractivity contribution in [3.63, 3.8) is 0 Å². The highest BCUT2D eigenvalue weighted by molar-refractivity contribution is 5.83. The van der Waals surface area contributed by atoms with E-state index in [0.717, 1.165) is 67.5 Å². The van der Waals surface area contributed by atoms with Gasteiger partial charge in [-0.2, -0.15) is 0 Å². The van der Waals surface area contributed by atoms with Gasteiger partial charge in [0.05, 0.1) is 18.7 Å². The van der Waals surface area contributed by atoms with Gasteiger partial charge in [-0.15, -0.1) is 0 Å². The summed E-state index contributed by atoms with van der Waals surface area (Å²) in [6.07, 6.45) is 6.82. The molecular weight excluding hydrogens is 464 g/mol. The zero-order chi connectivity index (χ0) is 26.2. The maximum absolute atomic E-state index is 11.3. The van der Waals surface area contributed by atoms with Gasteiger partial charge in [0.2, 0.25) is 0 Å². The molecule has 0 radical (unpaired) electrons. The van der Waals surface area contributed by atoms with Gasteiger partial charge in [0, 0.05) is 24.5 Å². The number of hydrogen-bond acceptors (Lipinski definition) is 5. The monoisotopic (exact) mass is 504 g/mol. The molecule has 3 aromatic rings. The summed E-state index contributed by atoms with van der Waals surface area (Å²) >= 11 is 0. The number of aliphatic carboxylic acids is 1. The number of likely N-dealkylation sites (tertiary alicyclic amines) is 1. The van der Waals surface area contributed by atoms with Gasteiger partial charge in [-0.3, -0.25) is 9.78 Å². The number of aromatic nitrogens is 1. The third-order valence-corrected chi connectivity index (χ3v) is 8.04. The minimum atomic E-state index is -0.729. The number of benzene rings is 2. The third kappa shape index (κ3) is 7.30. The number of ether oxygens (including phenoxy) is 1. The molecule has 1 saturated heterocycles. The number of carbonyl (C=O) groups is 1. The Morgan fingerprint density at radius 1 is 1.16 bits per heavy atom. The molecule has 0 bridgehead atoms. The lowest BCUT2D eigenvalue weighted by molar-refractivity contribution is -0.137. The summed E-state index contributed by atoms with van der Waals surface area (Å²) in [5.41, 5.74) is 4.48. The Morgan fingerprint density at radius 2 is 2.00 bits per heavy atom. The molecule has 3 atom stereocenters. The van der Waals surface area contributed by atoms with Crippen LogP contribution in [-0.4, -0.2) is 52.8 Å². The summed E-state index contributed by atoms with van der Waals surface area (Å²) in [6, 6.07) is 16.2. The van der Waals surface area contributed by atoms with Crippen molar-refractivity contribution in [1.82, 2.24) is 9.88 Å². The normalized spacial score (nSPS) is 19.1. The number of pyridine rings is 1. The number of fused-ring (bicyclic) bond motifs is 1. The molecule has 2 aromatic carbocycles. The molecule has 0 unspecified atom stereocenters. The van der Waals surface area contributed by atoms with Gasteiger partial charge in [-0.25, -0.2) is 0 Å². The molecule has 37 heavy (non-hydrogen) atoms. The maximum atomic E-state index is 11.3. The molecule has 2 N–H and O–H groups in total. The number of hydrogen-bond donors (Lipinski definition) is 2. The fourth-order valence-corrected chi connectivity index (χ4v) is 5.85. The Labute approximate surface area is 220 Å². The van der Waals surface area contributed by atoms with E-state index in [1.165, 1.54) is 11.1 Å². The molecule has 0 amide bonds. The Balaban J connectivity index is 1.35. The van der Waals surface area contributed by atoms with Crippen LogP contribution in [0.15, 0.2) is 54.7 Å². The number of aliphatic hydroxyl groups excluding tert-OH is 1. The Kier molecular flexibility index (Phi) is 9.53. The van der Waals surface area contributed by atoms with E-state index in [-0.39, 0.29) is 6.42 Å². The third-order valence-electron chi connectivity index (χ3n) is 8.04. The van der Waals surface area contributed by atoms with Crippen LogP contribution in [0.5, 0.6) is 5.75 Å². The van der Waals surface area contributed by atoms with E-state index in [1.807, 2.05) is 24.3 Å². The van der Waals surface area contributed by atoms with Crippen molar-refractivity contribution in [3.8, 4) is 5.75 Å². The highest BCUT2D eigenvalue weighted by atomic mass is 16.5. The molecule has 1 aliphatic rings. The number of aryl methyl sites for hydroxylation is 2. The van der Waals surface area contributed by atoms with Crippen molar-refractivity contribution in [2.75, 3.05) is 26.7 Å². The zero-order valence-electron chi connectivity index (χ0n) is 22.1. The SMILES string of the molecule is COc1ccc2nccc([C@H](O)CC[C@@H]3CCN(CCCc4ccccc4C)C[C@H]3CCC(=O)O)c2c1. The summed E-state index contributed by atoms with van der Waals surface area (Å²) in [7, 11) is 1.64. The molecular formula is C31H40N2O4. The molecule has 0 saturated carbocycles. The van der Waals surface area contributed by atoms with E-state index in [9.17, 15) is 15.0 Å². The fraction of sp³-hybridized carbons (Fsp3) is 0.484. The van der Waals surface area contributed by atoms with E-state index >= 15 is 0 Å². The predicted octanol–water partition coefficient (Wildman–Crippen LogP) is 5.80. The van der Waals surface area contributed by atoms with Crippen molar-refractivity contribution < 1.29 is 19.7 Å². The number of aliphatic hydroxyl groups is 1. The maximum Gasteiger partial charge on any atom is 0.303 e. The van der Waals surface area contributed by atoms with E-state index in [2.05, 4.69) is 41.1 Å². The molecule has 1 aromatic heterocycles. The lowest BCUT2D eigenvalue weighted by Gasteiger charge is -2.39. The predicted molar refractivity (Wildman–Crippen MR) is 147 cm³/mol. The number of carboxylic acids is 1.